The highest BCUT2D eigenvalue weighted by Crippen LogP contribution is 2.69. The molecule has 5 heteroatoms. The number of hydrogen-bond acceptors (Lipinski definition) is 3. The summed E-state index contributed by atoms with van der Waals surface area (Å²) >= 11 is 5.07. The lowest BCUT2D eigenvalue weighted by Crippen LogP contribution is -2.54. The molecule has 1 heterocycles. The van der Waals surface area contributed by atoms with E-state index in [1.54, 1.807) is 0 Å². The first-order chi connectivity index (χ1) is 10.1. The fourth-order valence-electron chi connectivity index (χ4n) is 5.38. The smallest absolute Gasteiger partial charge is 0.226 e. The van der Waals surface area contributed by atoms with Gasteiger partial charge in [0, 0.05) is 32.1 Å². The van der Waals surface area contributed by atoms with Crippen LogP contribution in [0.15, 0.2) is 0 Å². The van der Waals surface area contributed by atoms with Gasteiger partial charge in [-0.15, -0.1) is 0 Å². The maximum absolute atomic E-state index is 12.8. The number of nitrogens with zero attached hydrogens (tertiary/aromatic N) is 2. The highest BCUT2D eigenvalue weighted by Gasteiger charge is 2.67. The Morgan fingerprint density at radius 3 is 2.24 bits per heavy atom. The van der Waals surface area contributed by atoms with Crippen molar-refractivity contribution in [3.63, 3.8) is 0 Å². The summed E-state index contributed by atoms with van der Waals surface area (Å²) in [7, 11) is 0. The van der Waals surface area contributed by atoms with Gasteiger partial charge in [-0.3, -0.25) is 9.69 Å². The number of carbonyl (C=O) groups excluding carboxylic acids is 1. The fourth-order valence-corrected chi connectivity index (χ4v) is 5.52. The normalized spacial score (nSPS) is 42.7. The Balaban J connectivity index is 1.33. The molecule has 0 spiro atoms. The molecule has 3 saturated carbocycles. The molecule has 0 radical (unpaired) electrons. The van der Waals surface area contributed by atoms with E-state index in [1.807, 2.05) is 0 Å². The van der Waals surface area contributed by atoms with E-state index in [9.17, 15) is 4.79 Å². The molecule has 2 N–H and O–H groups in total. The van der Waals surface area contributed by atoms with Crippen LogP contribution in [0, 0.1) is 29.6 Å². The molecule has 2 bridgehead atoms. The van der Waals surface area contributed by atoms with E-state index in [0.29, 0.717) is 16.8 Å². The van der Waals surface area contributed by atoms with Gasteiger partial charge in [-0.2, -0.15) is 0 Å². The molecule has 0 aromatic heterocycles. The Kier molecular flexibility index (Phi) is 3.26. The van der Waals surface area contributed by atoms with Crippen molar-refractivity contribution < 1.29 is 4.79 Å². The highest BCUT2D eigenvalue weighted by atomic mass is 32.1. The van der Waals surface area contributed by atoms with Crippen LogP contribution >= 0.6 is 12.2 Å². The first kappa shape index (κ1) is 13.9. The molecule has 4 aliphatic rings. The minimum Gasteiger partial charge on any atom is -0.392 e. The summed E-state index contributed by atoms with van der Waals surface area (Å²) in [5.74, 6) is 4.10. The zero-order valence-corrected chi connectivity index (χ0v) is 13.5. The molecule has 4 rings (SSSR count). The average molecular weight is 307 g/mol. The van der Waals surface area contributed by atoms with E-state index >= 15 is 0 Å². The number of nitrogens with two attached hydrogens (primary N) is 1. The predicted octanol–water partition coefficient (Wildman–Crippen LogP) is 1.10. The minimum absolute atomic E-state index is 0.147. The zero-order valence-electron chi connectivity index (χ0n) is 12.7. The second-order valence-corrected chi connectivity index (χ2v) is 7.92. The van der Waals surface area contributed by atoms with Crippen molar-refractivity contribution in [3.8, 4) is 0 Å². The van der Waals surface area contributed by atoms with Crippen LogP contribution < -0.4 is 5.73 Å². The first-order valence-corrected chi connectivity index (χ1v) is 8.81. The van der Waals surface area contributed by atoms with Crippen molar-refractivity contribution >= 4 is 23.1 Å². The number of amides is 1. The molecule has 1 saturated heterocycles. The summed E-state index contributed by atoms with van der Waals surface area (Å²) < 4.78 is 0. The van der Waals surface area contributed by atoms with Crippen LogP contribution in [0.5, 0.6) is 0 Å². The van der Waals surface area contributed by atoms with E-state index in [2.05, 4.69) is 16.7 Å². The molecule has 116 valence electrons. The number of rotatable bonds is 3. The molecule has 3 aliphatic carbocycles. The number of thiocarbonyl (C=S) groups is 1. The first-order valence-electron chi connectivity index (χ1n) is 8.40. The number of carbonyl (C=O) groups is 1. The second kappa shape index (κ2) is 4.92. The van der Waals surface area contributed by atoms with Gasteiger partial charge in [0.05, 0.1) is 11.0 Å². The Hall–Kier alpha value is -0.680. The van der Waals surface area contributed by atoms with Gasteiger partial charge < -0.3 is 10.6 Å². The van der Waals surface area contributed by atoms with Gasteiger partial charge in [0.25, 0.3) is 0 Å². The topological polar surface area (TPSA) is 49.6 Å². The molecule has 21 heavy (non-hydrogen) atoms. The lowest BCUT2D eigenvalue weighted by molar-refractivity contribution is -0.135. The SMILES string of the molecule is CC(C(N)=S)N1CCN(C(=O)C2C3C4CCC(C4)C23)CC1. The molecular formula is C16H25N3OS. The molecule has 5 atom stereocenters. The van der Waals surface area contributed by atoms with Crippen molar-refractivity contribution in [3.05, 3.63) is 0 Å². The zero-order chi connectivity index (χ0) is 14.7. The second-order valence-electron chi connectivity index (χ2n) is 7.45. The predicted molar refractivity (Wildman–Crippen MR) is 85.7 cm³/mol. The van der Waals surface area contributed by atoms with E-state index in [0.717, 1.165) is 49.9 Å². The van der Waals surface area contributed by atoms with Crippen LogP contribution in [0.2, 0.25) is 0 Å². The summed E-state index contributed by atoms with van der Waals surface area (Å²) in [6.45, 7) is 5.55. The Morgan fingerprint density at radius 1 is 1.14 bits per heavy atom. The van der Waals surface area contributed by atoms with E-state index in [1.165, 1.54) is 19.3 Å². The van der Waals surface area contributed by atoms with E-state index in [4.69, 9.17) is 18.0 Å². The van der Waals surface area contributed by atoms with Crippen molar-refractivity contribution in [1.82, 2.24) is 9.80 Å². The van der Waals surface area contributed by atoms with Crippen LogP contribution in [-0.4, -0.2) is 52.9 Å². The van der Waals surface area contributed by atoms with Crippen LogP contribution in [0.1, 0.15) is 26.2 Å². The minimum atomic E-state index is 0.147. The standard InChI is InChI=1S/C16H25N3OS/c1-9(15(17)21)18-4-6-19(7-5-18)16(20)14-12-10-2-3-11(8-10)13(12)14/h9-14H,2-8H2,1H3,(H2,17,21). The lowest BCUT2D eigenvalue weighted by atomic mass is 10.0. The largest absolute Gasteiger partial charge is 0.392 e. The third kappa shape index (κ3) is 2.12. The number of hydrogen-bond donors (Lipinski definition) is 1. The molecule has 4 fully saturated rings. The van der Waals surface area contributed by atoms with Gasteiger partial charge in [-0.25, -0.2) is 0 Å². The Morgan fingerprint density at radius 2 is 1.71 bits per heavy atom. The monoisotopic (exact) mass is 307 g/mol. The fraction of sp³-hybridized carbons (Fsp3) is 0.875. The summed E-state index contributed by atoms with van der Waals surface area (Å²) in [4.78, 5) is 17.7. The van der Waals surface area contributed by atoms with Gasteiger partial charge in [-0.1, -0.05) is 12.2 Å². The number of fused-ring (bicyclic) bond motifs is 5. The Bertz CT molecular complexity index is 458. The molecule has 0 aromatic rings. The van der Waals surface area contributed by atoms with Crippen molar-refractivity contribution in [2.24, 2.45) is 35.3 Å². The van der Waals surface area contributed by atoms with Gasteiger partial charge >= 0.3 is 0 Å². The lowest BCUT2D eigenvalue weighted by Gasteiger charge is -2.38. The summed E-state index contributed by atoms with van der Waals surface area (Å²) in [5, 5.41) is 0. The van der Waals surface area contributed by atoms with Crippen molar-refractivity contribution in [2.75, 3.05) is 26.2 Å². The average Bonchev–Trinajstić information content (AvgIpc) is 2.93. The van der Waals surface area contributed by atoms with Crippen LogP contribution in [-0.2, 0) is 4.79 Å². The third-order valence-corrected chi connectivity index (χ3v) is 6.95. The maximum Gasteiger partial charge on any atom is 0.226 e. The van der Waals surface area contributed by atoms with Gasteiger partial charge in [-0.05, 0) is 49.9 Å². The summed E-state index contributed by atoms with van der Waals surface area (Å²) in [5.41, 5.74) is 5.73. The molecule has 5 unspecified atom stereocenters. The maximum atomic E-state index is 12.8. The van der Waals surface area contributed by atoms with Crippen LogP contribution in [0.25, 0.3) is 0 Å². The van der Waals surface area contributed by atoms with E-state index in [-0.39, 0.29) is 6.04 Å². The van der Waals surface area contributed by atoms with Gasteiger partial charge in [0.1, 0.15) is 0 Å². The van der Waals surface area contributed by atoms with Gasteiger partial charge in [0.2, 0.25) is 5.91 Å². The number of piperazine rings is 1. The van der Waals surface area contributed by atoms with Crippen molar-refractivity contribution in [2.45, 2.75) is 32.2 Å². The molecule has 1 amide bonds. The third-order valence-electron chi connectivity index (χ3n) is 6.61. The Labute approximate surface area is 132 Å². The highest BCUT2D eigenvalue weighted by molar-refractivity contribution is 7.80. The quantitative estimate of drug-likeness (QED) is 0.793. The molecule has 0 aromatic carbocycles. The molecule has 4 nitrogen and oxygen atoms in total. The van der Waals surface area contributed by atoms with Crippen LogP contribution in [0.4, 0.5) is 0 Å². The summed E-state index contributed by atoms with van der Waals surface area (Å²) in [6, 6.07) is 0.147. The molecule has 1 aliphatic heterocycles. The summed E-state index contributed by atoms with van der Waals surface area (Å²) in [6.07, 6.45) is 4.18. The molecular weight excluding hydrogens is 282 g/mol. The van der Waals surface area contributed by atoms with E-state index < -0.39 is 0 Å². The van der Waals surface area contributed by atoms with Crippen molar-refractivity contribution in [1.29, 1.82) is 0 Å². The van der Waals surface area contributed by atoms with Gasteiger partial charge in [0.15, 0.2) is 0 Å². The van der Waals surface area contributed by atoms with Crippen LogP contribution in [0.3, 0.4) is 0 Å².